The van der Waals surface area contributed by atoms with Gasteiger partial charge in [0.1, 0.15) is 5.75 Å². The molecular weight excluding hydrogens is 174 g/mol. The SMILES string of the molecule is C=CCc1nc2ccccc2cc1O. The van der Waals surface area contributed by atoms with Crippen molar-refractivity contribution < 1.29 is 5.11 Å². The Kier molecular flexibility index (Phi) is 2.19. The van der Waals surface area contributed by atoms with E-state index in [1.54, 1.807) is 12.1 Å². The smallest absolute Gasteiger partial charge is 0.138 e. The van der Waals surface area contributed by atoms with Crippen LogP contribution in [0, 0.1) is 0 Å². The van der Waals surface area contributed by atoms with Crippen molar-refractivity contribution in [3.8, 4) is 5.75 Å². The summed E-state index contributed by atoms with van der Waals surface area (Å²) < 4.78 is 0. The second-order valence-electron chi connectivity index (χ2n) is 3.14. The third-order valence-corrected chi connectivity index (χ3v) is 2.12. The minimum absolute atomic E-state index is 0.239. The molecule has 0 bridgehead atoms. The van der Waals surface area contributed by atoms with Crippen LogP contribution in [-0.2, 0) is 6.42 Å². The van der Waals surface area contributed by atoms with Gasteiger partial charge in [-0.3, -0.25) is 0 Å². The maximum atomic E-state index is 9.63. The van der Waals surface area contributed by atoms with E-state index in [0.29, 0.717) is 12.1 Å². The number of para-hydroxylation sites is 1. The molecular formula is C12H11NO. The lowest BCUT2D eigenvalue weighted by Gasteiger charge is -2.03. The molecule has 2 nitrogen and oxygen atoms in total. The first-order valence-corrected chi connectivity index (χ1v) is 4.50. The van der Waals surface area contributed by atoms with E-state index in [9.17, 15) is 5.11 Å². The summed E-state index contributed by atoms with van der Waals surface area (Å²) in [6.45, 7) is 3.63. The van der Waals surface area contributed by atoms with Crippen LogP contribution in [0.5, 0.6) is 5.75 Å². The highest BCUT2D eigenvalue weighted by atomic mass is 16.3. The standard InChI is InChI=1S/C12H11NO/c1-2-5-11-12(14)8-9-6-3-4-7-10(9)13-11/h2-4,6-8,14H,1,5H2. The highest BCUT2D eigenvalue weighted by molar-refractivity contribution is 5.80. The highest BCUT2D eigenvalue weighted by Gasteiger charge is 2.02. The van der Waals surface area contributed by atoms with E-state index < -0.39 is 0 Å². The zero-order chi connectivity index (χ0) is 9.97. The molecule has 0 unspecified atom stereocenters. The highest BCUT2D eigenvalue weighted by Crippen LogP contribution is 2.21. The molecule has 1 aromatic carbocycles. The predicted octanol–water partition coefficient (Wildman–Crippen LogP) is 2.67. The van der Waals surface area contributed by atoms with Crippen LogP contribution in [0.4, 0.5) is 0 Å². The number of aromatic nitrogens is 1. The summed E-state index contributed by atoms with van der Waals surface area (Å²) in [6, 6.07) is 9.46. The maximum absolute atomic E-state index is 9.63. The molecule has 0 atom stereocenters. The lowest BCUT2D eigenvalue weighted by atomic mass is 10.1. The Morgan fingerprint density at radius 2 is 2.14 bits per heavy atom. The second-order valence-corrected chi connectivity index (χ2v) is 3.14. The number of pyridine rings is 1. The Balaban J connectivity index is 2.64. The Labute approximate surface area is 82.5 Å². The van der Waals surface area contributed by atoms with Crippen LogP contribution in [0.15, 0.2) is 43.0 Å². The quantitative estimate of drug-likeness (QED) is 0.729. The third kappa shape index (κ3) is 1.46. The first-order valence-electron chi connectivity index (χ1n) is 4.50. The molecule has 1 heterocycles. The lowest BCUT2D eigenvalue weighted by molar-refractivity contribution is 0.467. The van der Waals surface area contributed by atoms with Gasteiger partial charge in [-0.15, -0.1) is 6.58 Å². The zero-order valence-electron chi connectivity index (χ0n) is 7.77. The Hall–Kier alpha value is -1.83. The Bertz CT molecular complexity index is 477. The van der Waals surface area contributed by atoms with Gasteiger partial charge in [-0.25, -0.2) is 4.98 Å². The van der Waals surface area contributed by atoms with E-state index in [1.165, 1.54) is 0 Å². The topological polar surface area (TPSA) is 33.1 Å². The van der Waals surface area contributed by atoms with Crippen molar-refractivity contribution >= 4 is 10.9 Å². The molecule has 0 aliphatic carbocycles. The maximum Gasteiger partial charge on any atom is 0.138 e. The molecule has 70 valence electrons. The molecule has 0 spiro atoms. The molecule has 0 amide bonds. The first-order chi connectivity index (χ1) is 6.81. The minimum atomic E-state index is 0.239. The molecule has 2 aromatic rings. The summed E-state index contributed by atoms with van der Waals surface area (Å²) in [7, 11) is 0. The zero-order valence-corrected chi connectivity index (χ0v) is 7.77. The van der Waals surface area contributed by atoms with Crippen molar-refractivity contribution in [3.05, 3.63) is 48.7 Å². The lowest BCUT2D eigenvalue weighted by Crippen LogP contribution is -1.89. The molecule has 0 saturated heterocycles. The average Bonchev–Trinajstić information content (AvgIpc) is 2.19. The fourth-order valence-corrected chi connectivity index (χ4v) is 1.43. The van der Waals surface area contributed by atoms with Gasteiger partial charge in [-0.2, -0.15) is 0 Å². The Morgan fingerprint density at radius 1 is 1.36 bits per heavy atom. The molecule has 0 aliphatic rings. The fourth-order valence-electron chi connectivity index (χ4n) is 1.43. The van der Waals surface area contributed by atoms with Gasteiger partial charge >= 0.3 is 0 Å². The van der Waals surface area contributed by atoms with E-state index in [4.69, 9.17) is 0 Å². The number of hydrogen-bond donors (Lipinski definition) is 1. The summed E-state index contributed by atoms with van der Waals surface area (Å²) in [5.41, 5.74) is 1.58. The van der Waals surface area contributed by atoms with E-state index in [1.807, 2.05) is 24.3 Å². The number of allylic oxidation sites excluding steroid dienone is 1. The van der Waals surface area contributed by atoms with Crippen LogP contribution in [0.2, 0.25) is 0 Å². The predicted molar refractivity (Wildman–Crippen MR) is 57.3 cm³/mol. The summed E-state index contributed by atoms with van der Waals surface area (Å²) in [4.78, 5) is 4.34. The van der Waals surface area contributed by atoms with Crippen molar-refractivity contribution in [2.45, 2.75) is 6.42 Å². The molecule has 0 saturated carbocycles. The van der Waals surface area contributed by atoms with Crippen LogP contribution in [0.25, 0.3) is 10.9 Å². The normalized spacial score (nSPS) is 10.3. The van der Waals surface area contributed by atoms with Gasteiger partial charge < -0.3 is 5.11 Å². The van der Waals surface area contributed by atoms with Crippen LogP contribution < -0.4 is 0 Å². The summed E-state index contributed by atoms with van der Waals surface area (Å²) >= 11 is 0. The van der Waals surface area contributed by atoms with Gasteiger partial charge in [0, 0.05) is 11.8 Å². The van der Waals surface area contributed by atoms with E-state index >= 15 is 0 Å². The van der Waals surface area contributed by atoms with Crippen LogP contribution in [0.3, 0.4) is 0 Å². The Morgan fingerprint density at radius 3 is 2.93 bits per heavy atom. The van der Waals surface area contributed by atoms with Gasteiger partial charge in [0.25, 0.3) is 0 Å². The van der Waals surface area contributed by atoms with Crippen molar-refractivity contribution in [3.63, 3.8) is 0 Å². The van der Waals surface area contributed by atoms with Gasteiger partial charge in [-0.1, -0.05) is 24.3 Å². The van der Waals surface area contributed by atoms with Gasteiger partial charge in [0.2, 0.25) is 0 Å². The minimum Gasteiger partial charge on any atom is -0.506 e. The van der Waals surface area contributed by atoms with Crippen LogP contribution in [-0.4, -0.2) is 10.1 Å². The molecule has 0 fully saturated rings. The second kappa shape index (κ2) is 3.50. The van der Waals surface area contributed by atoms with Crippen LogP contribution >= 0.6 is 0 Å². The van der Waals surface area contributed by atoms with E-state index in [-0.39, 0.29) is 5.75 Å². The molecule has 0 aliphatic heterocycles. The number of aromatic hydroxyl groups is 1. The molecule has 2 heteroatoms. The summed E-state index contributed by atoms with van der Waals surface area (Å²) in [5.74, 6) is 0.239. The van der Waals surface area contributed by atoms with Gasteiger partial charge in [-0.05, 0) is 12.1 Å². The largest absolute Gasteiger partial charge is 0.506 e. The number of fused-ring (bicyclic) bond motifs is 1. The number of benzene rings is 1. The first kappa shape index (κ1) is 8.75. The fraction of sp³-hybridized carbons (Fsp3) is 0.0833. The molecule has 0 radical (unpaired) electrons. The van der Waals surface area contributed by atoms with Crippen LogP contribution in [0.1, 0.15) is 5.69 Å². The van der Waals surface area contributed by atoms with Gasteiger partial charge in [0.05, 0.1) is 11.2 Å². The van der Waals surface area contributed by atoms with Crippen molar-refractivity contribution in [2.75, 3.05) is 0 Å². The summed E-state index contributed by atoms with van der Waals surface area (Å²) in [5, 5.41) is 10.6. The average molecular weight is 185 g/mol. The molecule has 14 heavy (non-hydrogen) atoms. The van der Waals surface area contributed by atoms with Gasteiger partial charge in [0.15, 0.2) is 0 Å². The molecule has 1 N–H and O–H groups in total. The van der Waals surface area contributed by atoms with Crippen molar-refractivity contribution in [1.82, 2.24) is 4.98 Å². The number of rotatable bonds is 2. The summed E-state index contributed by atoms with van der Waals surface area (Å²) in [6.07, 6.45) is 2.33. The van der Waals surface area contributed by atoms with E-state index in [0.717, 1.165) is 10.9 Å². The third-order valence-electron chi connectivity index (χ3n) is 2.12. The number of hydrogen-bond acceptors (Lipinski definition) is 2. The molecule has 1 aromatic heterocycles. The molecule has 2 rings (SSSR count). The monoisotopic (exact) mass is 185 g/mol. The van der Waals surface area contributed by atoms with E-state index in [2.05, 4.69) is 11.6 Å². The van der Waals surface area contributed by atoms with Crippen molar-refractivity contribution in [2.24, 2.45) is 0 Å². The van der Waals surface area contributed by atoms with Crippen molar-refractivity contribution in [1.29, 1.82) is 0 Å². The number of nitrogens with zero attached hydrogens (tertiary/aromatic N) is 1.